The van der Waals surface area contributed by atoms with E-state index in [1.807, 2.05) is 0 Å². The molecule has 2 atom stereocenters. The van der Waals surface area contributed by atoms with E-state index in [0.29, 0.717) is 5.01 Å². The molecule has 0 radical (unpaired) electrons. The van der Waals surface area contributed by atoms with Crippen LogP contribution in [0.1, 0.15) is 0 Å². The monoisotopic (exact) mass is 189 g/mol. The van der Waals surface area contributed by atoms with Gasteiger partial charge >= 0.3 is 0 Å². The Hall–Kier alpha value is -1.74. The van der Waals surface area contributed by atoms with Crippen molar-refractivity contribution in [1.29, 1.82) is 0 Å². The summed E-state index contributed by atoms with van der Waals surface area (Å²) >= 11 is 0. The van der Waals surface area contributed by atoms with Crippen LogP contribution in [0.2, 0.25) is 0 Å². The average molecular weight is 189 g/mol. The maximum atomic E-state index is 9.96. The first-order valence-corrected chi connectivity index (χ1v) is 3.18. The third kappa shape index (κ3) is 1.71. The first kappa shape index (κ1) is 9.35. The van der Waals surface area contributed by atoms with E-state index < -0.39 is 17.5 Å². The zero-order valence-corrected chi connectivity index (χ0v) is 6.36. The molecule has 1 aliphatic rings. The molecule has 0 aromatic rings. The van der Waals surface area contributed by atoms with Gasteiger partial charge in [-0.25, -0.2) is 10.1 Å². The third-order valence-corrected chi connectivity index (χ3v) is 1.36. The van der Waals surface area contributed by atoms with Gasteiger partial charge in [0.15, 0.2) is 17.5 Å². The van der Waals surface area contributed by atoms with E-state index in [1.54, 1.807) is 0 Å². The smallest absolute Gasteiger partial charge is 0.296 e. The summed E-state index contributed by atoms with van der Waals surface area (Å²) in [6, 6.07) is 0. The molecule has 1 heterocycles. The van der Waals surface area contributed by atoms with Crippen molar-refractivity contribution in [2.75, 3.05) is 0 Å². The van der Waals surface area contributed by atoms with Crippen molar-refractivity contribution in [2.24, 2.45) is 10.2 Å². The Kier molecular flexibility index (Phi) is 2.39. The summed E-state index contributed by atoms with van der Waals surface area (Å²) in [6.45, 7) is 3.05. The van der Waals surface area contributed by atoms with Gasteiger partial charge in [-0.15, -0.1) is 0 Å². The molecule has 1 rings (SSSR count). The number of rotatable bonds is 2. The molecule has 0 aromatic carbocycles. The van der Waals surface area contributed by atoms with Crippen molar-refractivity contribution < 1.29 is 15.2 Å². The Morgan fingerprint density at radius 1 is 1.69 bits per heavy atom. The predicted molar refractivity (Wildman–Crippen MR) is 41.0 cm³/mol. The minimum Gasteiger partial charge on any atom is -0.369 e. The van der Waals surface area contributed by atoms with Crippen LogP contribution in [-0.2, 0) is 0 Å². The van der Waals surface area contributed by atoms with Crippen molar-refractivity contribution in [2.45, 2.75) is 12.5 Å². The highest BCUT2D eigenvalue weighted by atomic mass is 16.7. The number of guanidine groups is 1. The van der Waals surface area contributed by atoms with E-state index in [-0.39, 0.29) is 5.96 Å². The normalized spacial score (nSPS) is 30.3. The number of hydrogen-bond donors (Lipinski definition) is 3. The molecule has 1 saturated heterocycles. The minimum absolute atomic E-state index is 0.361. The molecule has 13 heavy (non-hydrogen) atoms. The van der Waals surface area contributed by atoms with Gasteiger partial charge in [-0.2, -0.15) is 10.1 Å². The lowest BCUT2D eigenvalue weighted by Crippen LogP contribution is -2.33. The highest BCUT2D eigenvalue weighted by Crippen LogP contribution is 2.09. The number of aliphatic hydroxyl groups is 2. The maximum absolute atomic E-state index is 9.96. The van der Waals surface area contributed by atoms with Crippen molar-refractivity contribution in [3.8, 4) is 0 Å². The topological polar surface area (TPSA) is 124 Å². The van der Waals surface area contributed by atoms with Crippen LogP contribution in [0.4, 0.5) is 0 Å². The Labute approximate surface area is 72.1 Å². The summed E-state index contributed by atoms with van der Waals surface area (Å²) < 4.78 is 0. The molecule has 1 aliphatic heterocycles. The zero-order chi connectivity index (χ0) is 10.0. The molecule has 0 spiro atoms. The van der Waals surface area contributed by atoms with Gasteiger partial charge in [0.1, 0.15) is 5.10 Å². The van der Waals surface area contributed by atoms with Crippen LogP contribution in [-0.4, -0.2) is 45.4 Å². The zero-order valence-electron chi connectivity index (χ0n) is 6.36. The van der Waals surface area contributed by atoms with Crippen LogP contribution >= 0.6 is 0 Å². The van der Waals surface area contributed by atoms with Crippen LogP contribution in [0.25, 0.3) is 0 Å². The van der Waals surface area contributed by atoms with E-state index in [4.69, 9.17) is 10.2 Å². The molecule has 9 heteroatoms. The molecule has 9 nitrogen and oxygen atoms in total. The van der Waals surface area contributed by atoms with Crippen molar-refractivity contribution in [3.63, 3.8) is 0 Å². The number of aliphatic hydroxyl groups excluding tert-OH is 2. The van der Waals surface area contributed by atoms with E-state index in [1.165, 1.54) is 0 Å². The van der Waals surface area contributed by atoms with Gasteiger partial charge < -0.3 is 15.5 Å². The molecular weight excluding hydrogens is 182 g/mol. The third-order valence-electron chi connectivity index (χ3n) is 1.36. The Bertz CT molecular complexity index is 265. The van der Waals surface area contributed by atoms with Crippen molar-refractivity contribution in [1.82, 2.24) is 10.3 Å². The number of nitrogens with zero attached hydrogens (tertiary/aromatic N) is 4. The number of nitro groups is 1. The minimum atomic E-state index is -1.42. The number of nitrogens with one attached hydrogen (secondary N) is 1. The van der Waals surface area contributed by atoms with Gasteiger partial charge in [-0.3, -0.25) is 0 Å². The molecule has 0 bridgehead atoms. The summed E-state index contributed by atoms with van der Waals surface area (Å²) in [5.41, 5.74) is 0. The standard InChI is InChI=1S/C4H7N5O4/c1-5-8-3(11)2(10)6-4(8)7-9(12)13/h2-3,10-11H,1H2,(H,6,7). The molecule has 72 valence electrons. The highest BCUT2D eigenvalue weighted by Gasteiger charge is 2.37. The molecule has 0 amide bonds. The summed E-state index contributed by atoms with van der Waals surface area (Å²) in [4.78, 5) is 9.96. The van der Waals surface area contributed by atoms with Crippen LogP contribution in [0.5, 0.6) is 0 Å². The maximum Gasteiger partial charge on any atom is 0.296 e. The number of hydrazone groups is 2. The van der Waals surface area contributed by atoms with Gasteiger partial charge in [0.2, 0.25) is 0 Å². The second kappa shape index (κ2) is 3.33. The molecule has 0 aliphatic carbocycles. The lowest BCUT2D eigenvalue weighted by molar-refractivity contribution is -0.485. The van der Waals surface area contributed by atoms with E-state index in [2.05, 4.69) is 22.2 Å². The van der Waals surface area contributed by atoms with Crippen LogP contribution < -0.4 is 5.32 Å². The van der Waals surface area contributed by atoms with E-state index >= 15 is 0 Å². The second-order valence-corrected chi connectivity index (χ2v) is 2.15. The molecule has 1 fully saturated rings. The Balaban J connectivity index is 2.88. The van der Waals surface area contributed by atoms with Crippen LogP contribution in [0.3, 0.4) is 0 Å². The summed E-state index contributed by atoms with van der Waals surface area (Å²) in [7, 11) is 0. The lowest BCUT2D eigenvalue weighted by atomic mass is 10.5. The molecular formula is C4H7N5O4. The summed E-state index contributed by atoms with van der Waals surface area (Å²) in [5.74, 6) is -0.361. The van der Waals surface area contributed by atoms with Crippen LogP contribution in [0.15, 0.2) is 10.2 Å². The molecule has 0 saturated carbocycles. The fraction of sp³-hybridized carbons (Fsp3) is 0.500. The van der Waals surface area contributed by atoms with Gasteiger partial charge in [-0.05, 0) is 0 Å². The molecule has 0 aromatic heterocycles. The fourth-order valence-electron chi connectivity index (χ4n) is 0.835. The summed E-state index contributed by atoms with van der Waals surface area (Å²) in [6.07, 6.45) is -2.79. The van der Waals surface area contributed by atoms with Gasteiger partial charge in [0.05, 0.1) is 0 Å². The molecule has 2 unspecified atom stereocenters. The first-order chi connectivity index (χ1) is 6.06. The van der Waals surface area contributed by atoms with Crippen molar-refractivity contribution >= 4 is 12.7 Å². The Morgan fingerprint density at radius 2 is 2.31 bits per heavy atom. The van der Waals surface area contributed by atoms with Gasteiger partial charge in [0.25, 0.3) is 5.96 Å². The lowest BCUT2D eigenvalue weighted by Gasteiger charge is -2.12. The van der Waals surface area contributed by atoms with Crippen molar-refractivity contribution in [3.05, 3.63) is 10.1 Å². The highest BCUT2D eigenvalue weighted by molar-refractivity contribution is 5.81. The first-order valence-electron chi connectivity index (χ1n) is 3.18. The number of hydrogen-bond acceptors (Lipinski definition) is 5. The SMILES string of the molecule is C=NN1C(=N[N+](=O)[O-])NC(O)C1O. The van der Waals surface area contributed by atoms with E-state index in [9.17, 15) is 10.1 Å². The van der Waals surface area contributed by atoms with Gasteiger partial charge in [-0.1, -0.05) is 0 Å². The van der Waals surface area contributed by atoms with Crippen LogP contribution in [0, 0.1) is 10.1 Å². The van der Waals surface area contributed by atoms with Gasteiger partial charge in [0, 0.05) is 6.72 Å². The molecule has 3 N–H and O–H groups in total. The van der Waals surface area contributed by atoms with E-state index in [0.717, 1.165) is 0 Å². The fourth-order valence-corrected chi connectivity index (χ4v) is 0.835. The quantitative estimate of drug-likeness (QED) is 0.255. The predicted octanol–water partition coefficient (Wildman–Crippen LogP) is -2.31. The Morgan fingerprint density at radius 3 is 2.77 bits per heavy atom. The largest absolute Gasteiger partial charge is 0.369 e. The summed E-state index contributed by atoms with van der Waals surface area (Å²) in [5, 5.41) is 36.0. The average Bonchev–Trinajstić information content (AvgIpc) is 2.27. The second-order valence-electron chi connectivity index (χ2n) is 2.15.